The Morgan fingerprint density at radius 2 is 0.571 bits per heavy atom. The summed E-state index contributed by atoms with van der Waals surface area (Å²) in [6.45, 7) is 0. The quantitative estimate of drug-likeness (QED) is 0.227. The molecule has 14 heavy (non-hydrogen) atoms. The largest absolute Gasteiger partial charge is 2.00 e. The molecule has 0 atom stereocenters. The predicted octanol–water partition coefficient (Wildman–Crippen LogP) is -6.47. The van der Waals surface area contributed by atoms with Crippen LogP contribution in [0.3, 0.4) is 0 Å². The smallest absolute Gasteiger partial charge is 0.822 e. The van der Waals surface area contributed by atoms with Crippen molar-refractivity contribution in [1.29, 1.82) is 0 Å². The molecule has 0 bridgehead atoms. The van der Waals surface area contributed by atoms with Crippen molar-refractivity contribution in [3.05, 3.63) is 0 Å². The fraction of sp³-hybridized carbons (Fsp3) is 0. The van der Waals surface area contributed by atoms with Crippen molar-refractivity contribution in [2.45, 2.75) is 0 Å². The molecule has 0 saturated heterocycles. The Kier molecular flexibility index (Phi) is 46.6. The summed E-state index contributed by atoms with van der Waals surface area (Å²) < 4.78 is 17.1. The molecule has 0 aliphatic carbocycles. The molecule has 87 valence electrons. The zero-order chi connectivity index (χ0) is 9.00. The van der Waals surface area contributed by atoms with Crippen LogP contribution < -0.4 is 29.4 Å². The summed E-state index contributed by atoms with van der Waals surface area (Å²) in [5.74, 6) is 0. The molecule has 0 unspecified atom stereocenters. The second-order valence-corrected chi connectivity index (χ2v) is 2.68. The maximum absolute atomic E-state index is 8.55. The van der Waals surface area contributed by atoms with Gasteiger partial charge < -0.3 is 44.0 Å². The first-order valence-electron chi connectivity index (χ1n) is 1.46. The van der Waals surface area contributed by atoms with Gasteiger partial charge in [0.05, 0.1) is 0 Å². The zero-order valence-corrected chi connectivity index (χ0v) is 14.9. The predicted molar refractivity (Wildman–Crippen MR) is 18.8 cm³/mol. The van der Waals surface area contributed by atoms with Gasteiger partial charge in [0.1, 0.15) is 0 Å². The molecule has 0 rings (SSSR count). The summed E-state index contributed by atoms with van der Waals surface area (Å²) >= 11 is 0. The maximum Gasteiger partial charge on any atom is 2.00 e. The van der Waals surface area contributed by atoms with E-state index in [-0.39, 0.29) is 154 Å². The minimum absolute atomic E-state index is 0. The molecule has 0 heterocycles. The van der Waals surface area contributed by atoms with Crippen LogP contribution in [-0.2, 0) is 9.13 Å². The second kappa shape index (κ2) is 17.9. The van der Waals surface area contributed by atoms with Gasteiger partial charge in [-0.1, -0.05) is 0 Å². The van der Waals surface area contributed by atoms with Gasteiger partial charge in [0.2, 0.25) is 0 Å². The molecule has 0 aromatic rings. The third kappa shape index (κ3) is 177. The summed E-state index contributed by atoms with van der Waals surface area (Å²) in [6.07, 6.45) is 0. The Bertz CT molecular complexity index is 130. The first-order valence-corrected chi connectivity index (χ1v) is 4.38. The summed E-state index contributed by atoms with van der Waals surface area (Å²) in [5.41, 5.74) is 0. The topological polar surface area (TPSA) is 204 Å². The van der Waals surface area contributed by atoms with Gasteiger partial charge in [0.15, 0.2) is 0 Å². The Morgan fingerprint density at radius 1 is 0.571 bits per heavy atom. The Labute approximate surface area is 202 Å². The van der Waals surface area contributed by atoms with E-state index < -0.39 is 15.6 Å². The number of phosphoric acid groups is 2. The molecule has 0 aromatic carbocycles. The second-order valence-electron chi connectivity index (χ2n) is 0.894. The molecule has 0 spiro atoms. The van der Waals surface area contributed by atoms with Crippen LogP contribution in [0.5, 0.6) is 0 Å². The van der Waals surface area contributed by atoms with Crippen molar-refractivity contribution in [2.75, 3.05) is 0 Å². The molecule has 0 aliphatic heterocycles. The van der Waals surface area contributed by atoms with Gasteiger partial charge in [-0.25, -0.2) is 0 Å². The third-order valence-electron chi connectivity index (χ3n) is 0. The van der Waals surface area contributed by atoms with E-state index >= 15 is 0 Å². The molecule has 0 aromatic heterocycles. The number of hydrogen-bond acceptors (Lipinski definition) is 8. The first-order chi connectivity index (χ1) is 4.00. The SMILES string of the molecule is O.O=P([O-])([O-])[O-].O=P([O-])([O-])[O-].[Eu+2].[Eu+2].[Eu+2]. The average molecular weight is 664 g/mol. The van der Waals surface area contributed by atoms with Crippen LogP contribution in [0.15, 0.2) is 0 Å². The minimum Gasteiger partial charge on any atom is -0.822 e. The molecule has 0 amide bonds. The van der Waals surface area contributed by atoms with Crippen molar-refractivity contribution in [3.8, 4) is 0 Å². The van der Waals surface area contributed by atoms with E-state index in [0.29, 0.717) is 0 Å². The van der Waals surface area contributed by atoms with E-state index in [0.717, 1.165) is 0 Å². The number of hydrogen-bond donors (Lipinski definition) is 0. The van der Waals surface area contributed by atoms with Gasteiger partial charge in [-0.05, 0) is 0 Å². The van der Waals surface area contributed by atoms with Gasteiger partial charge in [-0.15, -0.1) is 0 Å². The summed E-state index contributed by atoms with van der Waals surface area (Å²) in [4.78, 5) is 51.3. The van der Waals surface area contributed by atoms with Gasteiger partial charge >= 0.3 is 148 Å². The summed E-state index contributed by atoms with van der Waals surface area (Å²) in [7, 11) is -10.8. The van der Waals surface area contributed by atoms with Crippen LogP contribution in [0.2, 0.25) is 0 Å². The molecule has 0 aliphatic rings. The van der Waals surface area contributed by atoms with E-state index in [1.165, 1.54) is 0 Å². The zero-order valence-electron chi connectivity index (χ0n) is 5.79. The van der Waals surface area contributed by atoms with Crippen molar-refractivity contribution in [1.82, 2.24) is 0 Å². The Balaban J connectivity index is -0.0000000178. The van der Waals surface area contributed by atoms with Crippen molar-refractivity contribution < 1.29 is 192 Å². The van der Waals surface area contributed by atoms with E-state index in [4.69, 9.17) is 38.5 Å². The molecule has 0 fully saturated rings. The fourth-order valence-corrected chi connectivity index (χ4v) is 0. The first kappa shape index (κ1) is 36.4. The molecule has 9 nitrogen and oxygen atoms in total. The molecule has 14 heteroatoms. The Hall–Kier alpha value is 4.93. The van der Waals surface area contributed by atoms with E-state index in [2.05, 4.69) is 0 Å². The molecule has 3 radical (unpaired) electrons. The normalized spacial score (nSPS) is 8.43. The van der Waals surface area contributed by atoms with Crippen LogP contribution in [-0.4, -0.2) is 5.48 Å². The summed E-state index contributed by atoms with van der Waals surface area (Å²) in [6, 6.07) is 0. The fourth-order valence-electron chi connectivity index (χ4n) is 0. The van der Waals surface area contributed by atoms with Crippen molar-refractivity contribution in [2.24, 2.45) is 0 Å². The van der Waals surface area contributed by atoms with Gasteiger partial charge in [0.25, 0.3) is 0 Å². The van der Waals surface area contributed by atoms with E-state index in [1.54, 1.807) is 0 Å². The van der Waals surface area contributed by atoms with Crippen LogP contribution in [0.1, 0.15) is 0 Å². The van der Waals surface area contributed by atoms with E-state index in [1.807, 2.05) is 0 Å². The van der Waals surface area contributed by atoms with Crippen LogP contribution >= 0.6 is 15.6 Å². The van der Waals surface area contributed by atoms with Crippen LogP contribution in [0.4, 0.5) is 0 Å². The van der Waals surface area contributed by atoms with Gasteiger partial charge in [0, 0.05) is 0 Å². The maximum atomic E-state index is 8.55. The molecule has 2 N–H and O–H groups in total. The van der Waals surface area contributed by atoms with Crippen molar-refractivity contribution >= 4 is 15.6 Å². The van der Waals surface area contributed by atoms with Gasteiger partial charge in [-0.2, -0.15) is 15.6 Å². The van der Waals surface area contributed by atoms with Crippen molar-refractivity contribution in [3.63, 3.8) is 0 Å². The molecular formula is H2Eu3O9P2. The average Bonchev–Trinajstić information content (AvgIpc) is 1.12. The van der Waals surface area contributed by atoms with Crippen LogP contribution in [0.25, 0.3) is 0 Å². The van der Waals surface area contributed by atoms with Crippen LogP contribution in [0, 0.1) is 148 Å². The Morgan fingerprint density at radius 3 is 0.571 bits per heavy atom. The minimum atomic E-state index is -5.39. The molecule has 0 saturated carbocycles. The van der Waals surface area contributed by atoms with Gasteiger partial charge in [-0.3, -0.25) is 0 Å². The molecular weight excluding hydrogens is 662 g/mol. The third-order valence-corrected chi connectivity index (χ3v) is 0. The van der Waals surface area contributed by atoms with E-state index in [9.17, 15) is 0 Å². The monoisotopic (exact) mass is 667 g/mol. The standard InChI is InChI=1S/3Eu.2H3O4P.H2O/c;;;2*1-5(2,3)4;/h;;;2*(H3,1,2,3,4);1H2/q3*+2;;;/p-6. The summed E-state index contributed by atoms with van der Waals surface area (Å²) in [5, 5.41) is 0. The number of rotatable bonds is 0.